The normalized spacial score (nSPS) is 21.1. The third kappa shape index (κ3) is 8.61. The van der Waals surface area contributed by atoms with Gasteiger partial charge in [0.25, 0.3) is 0 Å². The number of hydrogen-bond donors (Lipinski definition) is 1. The van der Waals surface area contributed by atoms with Gasteiger partial charge in [0.2, 0.25) is 0 Å². The molecule has 6 nitrogen and oxygen atoms in total. The van der Waals surface area contributed by atoms with Gasteiger partial charge in [-0.2, -0.15) is 0 Å². The lowest BCUT2D eigenvalue weighted by atomic mass is 9.97. The summed E-state index contributed by atoms with van der Waals surface area (Å²) in [6, 6.07) is 4.40. The Kier molecular flexibility index (Phi) is 12.6. The lowest BCUT2D eigenvalue weighted by Gasteiger charge is -2.31. The molecule has 1 atom stereocenters. The summed E-state index contributed by atoms with van der Waals surface area (Å²) in [5.74, 6) is 2.39. The molecule has 8 heteroatoms. The predicted molar refractivity (Wildman–Crippen MR) is 136 cm³/mol. The van der Waals surface area contributed by atoms with Crippen molar-refractivity contribution in [3.05, 3.63) is 22.4 Å². The van der Waals surface area contributed by atoms with Gasteiger partial charge >= 0.3 is 0 Å². The topological polar surface area (TPSA) is 49.3 Å². The van der Waals surface area contributed by atoms with Gasteiger partial charge in [-0.15, -0.1) is 35.3 Å². The third-order valence-corrected chi connectivity index (χ3v) is 6.73. The number of methoxy groups -OCH3 is 1. The number of piperidine rings is 1. The number of likely N-dealkylation sites (tertiary alicyclic amines) is 2. The summed E-state index contributed by atoms with van der Waals surface area (Å²) in [7, 11) is 1.72. The maximum absolute atomic E-state index is 5.73. The van der Waals surface area contributed by atoms with Crippen LogP contribution in [-0.2, 0) is 16.0 Å². The number of ether oxygens (including phenoxy) is 2. The highest BCUT2D eigenvalue weighted by Gasteiger charge is 2.25. The van der Waals surface area contributed by atoms with Crippen molar-refractivity contribution >= 4 is 41.3 Å². The van der Waals surface area contributed by atoms with Crippen molar-refractivity contribution < 1.29 is 9.47 Å². The fraction of sp³-hybridized carbons (Fsp3) is 0.773. The maximum Gasteiger partial charge on any atom is 0.193 e. The molecule has 0 amide bonds. The number of hydrogen-bond acceptors (Lipinski definition) is 5. The number of aliphatic imine (C=N–C) groups is 1. The molecule has 3 heterocycles. The van der Waals surface area contributed by atoms with Crippen LogP contribution in [0.25, 0.3) is 0 Å². The summed E-state index contributed by atoms with van der Waals surface area (Å²) in [5, 5.41) is 5.68. The van der Waals surface area contributed by atoms with Crippen LogP contribution < -0.4 is 5.32 Å². The van der Waals surface area contributed by atoms with Crippen molar-refractivity contribution in [2.45, 2.75) is 32.7 Å². The minimum absolute atomic E-state index is 0. The van der Waals surface area contributed by atoms with Gasteiger partial charge in [-0.1, -0.05) is 6.07 Å². The van der Waals surface area contributed by atoms with Gasteiger partial charge in [0.05, 0.1) is 19.8 Å². The molecule has 0 aliphatic carbocycles. The van der Waals surface area contributed by atoms with E-state index in [-0.39, 0.29) is 24.0 Å². The predicted octanol–water partition coefficient (Wildman–Crippen LogP) is 3.53. The highest BCUT2D eigenvalue weighted by Crippen LogP contribution is 2.22. The van der Waals surface area contributed by atoms with Gasteiger partial charge in [-0.25, -0.2) is 0 Å². The van der Waals surface area contributed by atoms with Crippen molar-refractivity contribution in [2.75, 3.05) is 66.2 Å². The Morgan fingerprint density at radius 1 is 1.20 bits per heavy atom. The molecule has 0 aromatic carbocycles. The van der Waals surface area contributed by atoms with Gasteiger partial charge < -0.3 is 19.7 Å². The van der Waals surface area contributed by atoms with E-state index in [4.69, 9.17) is 14.5 Å². The Morgan fingerprint density at radius 3 is 2.70 bits per heavy atom. The summed E-state index contributed by atoms with van der Waals surface area (Å²) in [5.41, 5.74) is 0. The number of guanidine groups is 1. The maximum atomic E-state index is 5.73. The second kappa shape index (κ2) is 14.6. The van der Waals surface area contributed by atoms with Crippen molar-refractivity contribution in [1.82, 2.24) is 15.1 Å². The van der Waals surface area contributed by atoms with E-state index in [1.165, 1.54) is 37.2 Å². The first-order valence-corrected chi connectivity index (χ1v) is 12.0. The molecule has 2 saturated heterocycles. The molecule has 30 heavy (non-hydrogen) atoms. The van der Waals surface area contributed by atoms with Crippen LogP contribution in [0.3, 0.4) is 0 Å². The zero-order valence-corrected chi connectivity index (χ0v) is 21.7. The van der Waals surface area contributed by atoms with E-state index in [2.05, 4.69) is 39.6 Å². The molecule has 2 fully saturated rings. The Labute approximate surface area is 203 Å². The van der Waals surface area contributed by atoms with Crippen molar-refractivity contribution in [3.63, 3.8) is 0 Å². The quantitative estimate of drug-likeness (QED) is 0.209. The zero-order valence-electron chi connectivity index (χ0n) is 18.6. The zero-order chi connectivity index (χ0) is 20.3. The summed E-state index contributed by atoms with van der Waals surface area (Å²) in [6.45, 7) is 11.8. The minimum atomic E-state index is 0. The molecule has 0 spiro atoms. The van der Waals surface area contributed by atoms with Crippen LogP contribution in [0.15, 0.2) is 22.5 Å². The molecule has 2 aliphatic heterocycles. The average molecular weight is 551 g/mol. The van der Waals surface area contributed by atoms with Crippen LogP contribution in [-0.4, -0.2) is 82.0 Å². The lowest BCUT2D eigenvalue weighted by molar-refractivity contribution is 0.0536. The van der Waals surface area contributed by atoms with E-state index in [1.54, 1.807) is 7.11 Å². The molecule has 0 radical (unpaired) electrons. The van der Waals surface area contributed by atoms with E-state index in [1.807, 2.05) is 11.3 Å². The van der Waals surface area contributed by atoms with E-state index < -0.39 is 0 Å². The van der Waals surface area contributed by atoms with Gasteiger partial charge in [-0.05, 0) is 56.6 Å². The van der Waals surface area contributed by atoms with Crippen molar-refractivity contribution in [2.24, 2.45) is 16.8 Å². The fourth-order valence-corrected chi connectivity index (χ4v) is 4.89. The van der Waals surface area contributed by atoms with Crippen LogP contribution in [0.1, 0.15) is 31.1 Å². The average Bonchev–Trinajstić information content (AvgIpc) is 3.42. The molecule has 1 N–H and O–H groups in total. The Bertz CT molecular complexity index is 594. The molecule has 1 aromatic rings. The van der Waals surface area contributed by atoms with E-state index in [9.17, 15) is 0 Å². The second-order valence-corrected chi connectivity index (χ2v) is 9.19. The monoisotopic (exact) mass is 550 g/mol. The SMILES string of the molecule is CCNC(=NCC1CCN(Cc2cccs2)CC1)N1CCC(COCCOC)C1.I. The first-order valence-electron chi connectivity index (χ1n) is 11.1. The van der Waals surface area contributed by atoms with E-state index >= 15 is 0 Å². The number of rotatable bonds is 10. The van der Waals surface area contributed by atoms with Crippen LogP contribution in [0.5, 0.6) is 0 Å². The first kappa shape index (κ1) is 25.8. The number of nitrogens with one attached hydrogen (secondary N) is 1. The molecule has 0 bridgehead atoms. The highest BCUT2D eigenvalue weighted by atomic mass is 127. The van der Waals surface area contributed by atoms with Gasteiger partial charge in [0.1, 0.15) is 0 Å². The number of thiophene rings is 1. The molecule has 1 unspecified atom stereocenters. The standard InChI is InChI=1S/C22H38N4O2S.HI/c1-3-23-22(26-11-8-20(16-26)18-28-13-12-27-2)24-15-19-6-9-25(10-7-19)17-21-5-4-14-29-21;/h4-5,14,19-20H,3,6-13,15-18H2,1-2H3,(H,23,24);1H. The number of halogens is 1. The van der Waals surface area contributed by atoms with E-state index in [0.717, 1.165) is 45.3 Å². The van der Waals surface area contributed by atoms with Crippen LogP contribution >= 0.6 is 35.3 Å². The molecule has 172 valence electrons. The molecule has 0 saturated carbocycles. The second-order valence-electron chi connectivity index (χ2n) is 8.16. The number of nitrogens with zero attached hydrogens (tertiary/aromatic N) is 3. The molecule has 1 aromatic heterocycles. The summed E-state index contributed by atoms with van der Waals surface area (Å²) >= 11 is 1.87. The highest BCUT2D eigenvalue weighted by molar-refractivity contribution is 14.0. The third-order valence-electron chi connectivity index (χ3n) is 5.87. The molecule has 2 aliphatic rings. The van der Waals surface area contributed by atoms with Gasteiger partial charge in [0.15, 0.2) is 5.96 Å². The first-order chi connectivity index (χ1) is 14.3. The van der Waals surface area contributed by atoms with Crippen LogP contribution in [0, 0.1) is 11.8 Å². The Hall–Kier alpha value is -0.420. The lowest BCUT2D eigenvalue weighted by Crippen LogP contribution is -2.41. The molecular formula is C22H39IN4O2S. The Balaban J connectivity index is 0.00000320. The van der Waals surface area contributed by atoms with Crippen molar-refractivity contribution in [1.29, 1.82) is 0 Å². The van der Waals surface area contributed by atoms with Gasteiger partial charge in [-0.3, -0.25) is 9.89 Å². The molecule has 3 rings (SSSR count). The molecular weight excluding hydrogens is 511 g/mol. The van der Waals surface area contributed by atoms with Crippen LogP contribution in [0.2, 0.25) is 0 Å². The van der Waals surface area contributed by atoms with Crippen molar-refractivity contribution in [3.8, 4) is 0 Å². The van der Waals surface area contributed by atoms with E-state index in [0.29, 0.717) is 25.0 Å². The smallest absolute Gasteiger partial charge is 0.193 e. The summed E-state index contributed by atoms with van der Waals surface area (Å²) < 4.78 is 10.8. The van der Waals surface area contributed by atoms with Crippen LogP contribution in [0.4, 0.5) is 0 Å². The Morgan fingerprint density at radius 2 is 2.00 bits per heavy atom. The largest absolute Gasteiger partial charge is 0.382 e. The van der Waals surface area contributed by atoms with Gasteiger partial charge in [0, 0.05) is 50.6 Å². The summed E-state index contributed by atoms with van der Waals surface area (Å²) in [6.07, 6.45) is 3.69. The minimum Gasteiger partial charge on any atom is -0.382 e. The summed E-state index contributed by atoms with van der Waals surface area (Å²) in [4.78, 5) is 11.5. The fourth-order valence-electron chi connectivity index (χ4n) is 4.14.